The summed E-state index contributed by atoms with van der Waals surface area (Å²) in [5, 5.41) is 4.82. The smallest absolute Gasteiger partial charge is 0.274 e. The lowest BCUT2D eigenvalue weighted by Crippen LogP contribution is -2.44. The van der Waals surface area contributed by atoms with Crippen molar-refractivity contribution < 1.29 is 4.79 Å². The second-order valence-corrected chi connectivity index (χ2v) is 9.15. The van der Waals surface area contributed by atoms with Gasteiger partial charge < -0.3 is 14.7 Å². The van der Waals surface area contributed by atoms with E-state index in [9.17, 15) is 4.79 Å². The Morgan fingerprint density at radius 3 is 2.61 bits per heavy atom. The standard InChI is InChI=1S/C22H37N5O/c1-4-27-20-7-6-18(25-12-8-17(2)9-13-25)16-19(20)21(23-27)22(28)26-11-5-10-24(3)14-15-26/h17-18H,4-16H2,1-3H3. The summed E-state index contributed by atoms with van der Waals surface area (Å²) in [4.78, 5) is 20.4. The van der Waals surface area contributed by atoms with E-state index >= 15 is 0 Å². The zero-order chi connectivity index (χ0) is 19.7. The first-order valence-corrected chi connectivity index (χ1v) is 11.4. The van der Waals surface area contributed by atoms with Crippen molar-refractivity contribution in [2.24, 2.45) is 5.92 Å². The van der Waals surface area contributed by atoms with Crippen molar-refractivity contribution in [2.75, 3.05) is 46.3 Å². The molecule has 1 amide bonds. The van der Waals surface area contributed by atoms with Crippen LogP contribution in [0.5, 0.6) is 0 Å². The molecule has 0 spiro atoms. The molecule has 3 aliphatic rings. The molecule has 156 valence electrons. The number of carbonyl (C=O) groups is 1. The van der Waals surface area contributed by atoms with Crippen LogP contribution in [0.4, 0.5) is 0 Å². The normalized spacial score (nSPS) is 25.5. The molecule has 6 nitrogen and oxygen atoms in total. The fraction of sp³-hybridized carbons (Fsp3) is 0.818. The Balaban J connectivity index is 1.54. The number of rotatable bonds is 3. The van der Waals surface area contributed by atoms with Crippen LogP contribution >= 0.6 is 0 Å². The average molecular weight is 388 g/mol. The number of nitrogens with zero attached hydrogens (tertiary/aromatic N) is 5. The minimum atomic E-state index is 0.159. The van der Waals surface area contributed by atoms with Crippen LogP contribution in [-0.2, 0) is 19.4 Å². The summed E-state index contributed by atoms with van der Waals surface area (Å²) in [7, 11) is 2.14. The SMILES string of the molecule is CCn1nc(C(=O)N2CCCN(C)CC2)c2c1CCC(N1CCC(C)CC1)C2. The van der Waals surface area contributed by atoms with Crippen LogP contribution in [0.25, 0.3) is 0 Å². The van der Waals surface area contributed by atoms with Crippen LogP contribution < -0.4 is 0 Å². The Kier molecular flexibility index (Phi) is 6.07. The van der Waals surface area contributed by atoms with E-state index in [1.807, 2.05) is 4.90 Å². The number of piperidine rings is 1. The molecule has 1 aliphatic carbocycles. The first kappa shape index (κ1) is 19.9. The topological polar surface area (TPSA) is 44.6 Å². The van der Waals surface area contributed by atoms with Gasteiger partial charge in [-0.15, -0.1) is 0 Å². The van der Waals surface area contributed by atoms with Gasteiger partial charge in [0.2, 0.25) is 0 Å². The van der Waals surface area contributed by atoms with Gasteiger partial charge in [0.05, 0.1) is 0 Å². The molecular formula is C22H37N5O. The second kappa shape index (κ2) is 8.54. The van der Waals surface area contributed by atoms with Crippen molar-refractivity contribution >= 4 is 5.91 Å². The van der Waals surface area contributed by atoms with Gasteiger partial charge in [0, 0.05) is 43.5 Å². The van der Waals surface area contributed by atoms with Gasteiger partial charge in [-0.05, 0) is 78.0 Å². The summed E-state index contributed by atoms with van der Waals surface area (Å²) in [6, 6.07) is 0.580. The molecule has 28 heavy (non-hydrogen) atoms. The summed E-state index contributed by atoms with van der Waals surface area (Å²) >= 11 is 0. The molecule has 2 fully saturated rings. The third-order valence-corrected chi connectivity index (χ3v) is 7.16. The number of amides is 1. The van der Waals surface area contributed by atoms with Crippen LogP contribution in [0.15, 0.2) is 0 Å². The maximum Gasteiger partial charge on any atom is 0.274 e. The van der Waals surface area contributed by atoms with Crippen molar-refractivity contribution in [1.29, 1.82) is 0 Å². The van der Waals surface area contributed by atoms with Gasteiger partial charge in [-0.3, -0.25) is 9.48 Å². The highest BCUT2D eigenvalue weighted by Crippen LogP contribution is 2.30. The Hall–Kier alpha value is -1.40. The number of aryl methyl sites for hydroxylation is 1. The van der Waals surface area contributed by atoms with Crippen molar-refractivity contribution in [1.82, 2.24) is 24.5 Å². The average Bonchev–Trinajstić information content (AvgIpc) is 2.94. The van der Waals surface area contributed by atoms with E-state index in [0.717, 1.165) is 63.6 Å². The van der Waals surface area contributed by atoms with Crippen LogP contribution in [-0.4, -0.2) is 82.7 Å². The largest absolute Gasteiger partial charge is 0.336 e. The quantitative estimate of drug-likeness (QED) is 0.798. The first-order chi connectivity index (χ1) is 13.6. The Bertz CT molecular complexity index is 691. The minimum Gasteiger partial charge on any atom is -0.336 e. The molecule has 4 rings (SSSR count). The Morgan fingerprint density at radius 1 is 1.07 bits per heavy atom. The third kappa shape index (κ3) is 3.99. The fourth-order valence-corrected chi connectivity index (χ4v) is 5.21. The van der Waals surface area contributed by atoms with Gasteiger partial charge in [-0.2, -0.15) is 5.10 Å². The van der Waals surface area contributed by atoms with E-state index in [1.54, 1.807) is 0 Å². The Labute approximate surface area is 169 Å². The van der Waals surface area contributed by atoms with Gasteiger partial charge in [0.15, 0.2) is 5.69 Å². The highest BCUT2D eigenvalue weighted by Gasteiger charge is 2.34. The predicted molar refractivity (Wildman–Crippen MR) is 112 cm³/mol. The first-order valence-electron chi connectivity index (χ1n) is 11.4. The number of hydrogen-bond donors (Lipinski definition) is 0. The molecule has 0 N–H and O–H groups in total. The van der Waals surface area contributed by atoms with Crippen molar-refractivity contribution in [3.05, 3.63) is 17.0 Å². The van der Waals surface area contributed by atoms with E-state index in [-0.39, 0.29) is 5.91 Å². The highest BCUT2D eigenvalue weighted by atomic mass is 16.2. The zero-order valence-electron chi connectivity index (χ0n) is 18.0. The minimum absolute atomic E-state index is 0.159. The van der Waals surface area contributed by atoms with Crippen LogP contribution in [0.3, 0.4) is 0 Å². The monoisotopic (exact) mass is 387 g/mol. The fourth-order valence-electron chi connectivity index (χ4n) is 5.21. The molecule has 1 atom stereocenters. The summed E-state index contributed by atoms with van der Waals surface area (Å²) in [5.74, 6) is 1.02. The van der Waals surface area contributed by atoms with Crippen LogP contribution in [0, 0.1) is 5.92 Å². The molecule has 0 bridgehead atoms. The number of carbonyl (C=O) groups excluding carboxylic acids is 1. The second-order valence-electron chi connectivity index (χ2n) is 9.15. The van der Waals surface area contributed by atoms with Crippen molar-refractivity contribution in [3.63, 3.8) is 0 Å². The summed E-state index contributed by atoms with van der Waals surface area (Å²) in [6.45, 7) is 11.5. The number of fused-ring (bicyclic) bond motifs is 1. The molecule has 0 saturated carbocycles. The summed E-state index contributed by atoms with van der Waals surface area (Å²) in [5.41, 5.74) is 3.32. The number of likely N-dealkylation sites (N-methyl/N-ethyl adjacent to an activating group) is 1. The molecule has 1 aromatic heterocycles. The van der Waals surface area contributed by atoms with Crippen LogP contribution in [0.2, 0.25) is 0 Å². The lowest BCUT2D eigenvalue weighted by atomic mass is 9.88. The maximum atomic E-state index is 13.4. The molecule has 0 radical (unpaired) electrons. The lowest BCUT2D eigenvalue weighted by Gasteiger charge is -2.38. The van der Waals surface area contributed by atoms with Gasteiger partial charge >= 0.3 is 0 Å². The number of likely N-dealkylation sites (tertiary alicyclic amines) is 1. The molecule has 1 aromatic rings. The van der Waals surface area contributed by atoms with E-state index < -0.39 is 0 Å². The molecule has 6 heteroatoms. The van der Waals surface area contributed by atoms with E-state index in [0.29, 0.717) is 6.04 Å². The predicted octanol–water partition coefficient (Wildman–Crippen LogP) is 2.27. The molecule has 0 aromatic carbocycles. The maximum absolute atomic E-state index is 13.4. The lowest BCUT2D eigenvalue weighted by molar-refractivity contribution is 0.0753. The zero-order valence-corrected chi connectivity index (χ0v) is 18.0. The van der Waals surface area contributed by atoms with E-state index in [2.05, 4.69) is 35.4 Å². The van der Waals surface area contributed by atoms with Crippen molar-refractivity contribution in [2.45, 2.75) is 65.0 Å². The number of hydrogen-bond acceptors (Lipinski definition) is 4. The van der Waals surface area contributed by atoms with Crippen molar-refractivity contribution in [3.8, 4) is 0 Å². The van der Waals surface area contributed by atoms with Gasteiger partial charge in [-0.25, -0.2) is 0 Å². The summed E-state index contributed by atoms with van der Waals surface area (Å²) in [6.07, 6.45) is 6.93. The van der Waals surface area contributed by atoms with Crippen LogP contribution in [0.1, 0.15) is 61.3 Å². The molecule has 3 heterocycles. The van der Waals surface area contributed by atoms with Gasteiger partial charge in [0.1, 0.15) is 0 Å². The van der Waals surface area contributed by atoms with E-state index in [4.69, 9.17) is 5.10 Å². The van der Waals surface area contributed by atoms with Gasteiger partial charge in [0.25, 0.3) is 5.91 Å². The highest BCUT2D eigenvalue weighted by molar-refractivity contribution is 5.94. The third-order valence-electron chi connectivity index (χ3n) is 7.16. The molecular weight excluding hydrogens is 350 g/mol. The summed E-state index contributed by atoms with van der Waals surface area (Å²) < 4.78 is 2.10. The van der Waals surface area contributed by atoms with E-state index in [1.165, 1.54) is 43.6 Å². The molecule has 2 saturated heterocycles. The number of aromatic nitrogens is 2. The van der Waals surface area contributed by atoms with Gasteiger partial charge in [-0.1, -0.05) is 6.92 Å². The molecule has 1 unspecified atom stereocenters. The Morgan fingerprint density at radius 2 is 1.86 bits per heavy atom. The molecule has 2 aliphatic heterocycles.